The Balaban J connectivity index is 1.86. The van der Waals surface area contributed by atoms with Gasteiger partial charge in [0.05, 0.1) is 6.10 Å². The van der Waals surface area contributed by atoms with Gasteiger partial charge in [0.15, 0.2) is 0 Å². The second-order valence-electron chi connectivity index (χ2n) is 4.44. The summed E-state index contributed by atoms with van der Waals surface area (Å²) in [4.78, 5) is 2.43. The summed E-state index contributed by atoms with van der Waals surface area (Å²) >= 11 is 0. The monoisotopic (exact) mass is 184 g/mol. The van der Waals surface area contributed by atoms with Gasteiger partial charge in [-0.05, 0) is 32.1 Å². The topological polar surface area (TPSA) is 49.5 Å². The second-order valence-corrected chi connectivity index (χ2v) is 4.44. The first-order chi connectivity index (χ1) is 6.27. The van der Waals surface area contributed by atoms with E-state index in [0.717, 1.165) is 32.4 Å². The average Bonchev–Trinajstić information content (AvgIpc) is 2.53. The lowest BCUT2D eigenvalue weighted by atomic mass is 10.0. The SMILES string of the molecule is NC1CCN([C@@H]2CCC[C@@H]2O)CC1. The Labute approximate surface area is 79.9 Å². The van der Waals surface area contributed by atoms with Crippen molar-refractivity contribution in [2.75, 3.05) is 13.1 Å². The van der Waals surface area contributed by atoms with E-state index >= 15 is 0 Å². The molecule has 2 atom stereocenters. The average molecular weight is 184 g/mol. The van der Waals surface area contributed by atoms with E-state index < -0.39 is 0 Å². The first kappa shape index (κ1) is 9.44. The van der Waals surface area contributed by atoms with Crippen LogP contribution in [0.5, 0.6) is 0 Å². The molecular weight excluding hydrogens is 164 g/mol. The number of rotatable bonds is 1. The molecule has 0 amide bonds. The van der Waals surface area contributed by atoms with Crippen molar-refractivity contribution in [3.8, 4) is 0 Å². The van der Waals surface area contributed by atoms with Gasteiger partial charge in [0.2, 0.25) is 0 Å². The lowest BCUT2D eigenvalue weighted by molar-refractivity contribution is 0.0557. The minimum Gasteiger partial charge on any atom is -0.391 e. The highest BCUT2D eigenvalue weighted by molar-refractivity contribution is 4.88. The minimum atomic E-state index is -0.0747. The number of piperidine rings is 1. The van der Waals surface area contributed by atoms with Gasteiger partial charge < -0.3 is 10.8 Å². The largest absolute Gasteiger partial charge is 0.391 e. The molecule has 3 nitrogen and oxygen atoms in total. The third kappa shape index (κ3) is 2.03. The van der Waals surface area contributed by atoms with E-state index in [2.05, 4.69) is 4.90 Å². The zero-order valence-corrected chi connectivity index (χ0v) is 8.15. The quantitative estimate of drug-likeness (QED) is 0.617. The normalized spacial score (nSPS) is 38.3. The number of likely N-dealkylation sites (tertiary alicyclic amines) is 1. The van der Waals surface area contributed by atoms with Gasteiger partial charge >= 0.3 is 0 Å². The summed E-state index contributed by atoms with van der Waals surface area (Å²) in [6.45, 7) is 2.17. The van der Waals surface area contributed by atoms with Gasteiger partial charge in [0.25, 0.3) is 0 Å². The number of nitrogens with zero attached hydrogens (tertiary/aromatic N) is 1. The van der Waals surface area contributed by atoms with Crippen LogP contribution in [0.3, 0.4) is 0 Å². The van der Waals surface area contributed by atoms with E-state index in [9.17, 15) is 5.11 Å². The van der Waals surface area contributed by atoms with Gasteiger partial charge in [-0.2, -0.15) is 0 Å². The van der Waals surface area contributed by atoms with Crippen LogP contribution in [0, 0.1) is 0 Å². The van der Waals surface area contributed by atoms with Gasteiger partial charge in [-0.3, -0.25) is 4.90 Å². The summed E-state index contributed by atoms with van der Waals surface area (Å²) < 4.78 is 0. The Bertz CT molecular complexity index is 166. The van der Waals surface area contributed by atoms with E-state index in [-0.39, 0.29) is 6.10 Å². The highest BCUT2D eigenvalue weighted by Crippen LogP contribution is 2.26. The van der Waals surface area contributed by atoms with E-state index in [1.807, 2.05) is 0 Å². The van der Waals surface area contributed by atoms with Crippen LogP contribution < -0.4 is 5.73 Å². The fourth-order valence-corrected chi connectivity index (χ4v) is 2.60. The molecule has 1 aliphatic carbocycles. The second kappa shape index (κ2) is 3.95. The summed E-state index contributed by atoms with van der Waals surface area (Å²) in [5.74, 6) is 0. The molecule has 0 radical (unpaired) electrons. The molecule has 1 saturated heterocycles. The van der Waals surface area contributed by atoms with Crippen LogP contribution >= 0.6 is 0 Å². The maximum Gasteiger partial charge on any atom is 0.0695 e. The van der Waals surface area contributed by atoms with Crippen LogP contribution in [0.25, 0.3) is 0 Å². The smallest absolute Gasteiger partial charge is 0.0695 e. The van der Waals surface area contributed by atoms with Crippen LogP contribution in [0.2, 0.25) is 0 Å². The van der Waals surface area contributed by atoms with Crippen LogP contribution in [-0.2, 0) is 0 Å². The molecule has 2 rings (SSSR count). The van der Waals surface area contributed by atoms with E-state index in [1.165, 1.54) is 12.8 Å². The molecule has 3 heteroatoms. The molecule has 1 saturated carbocycles. The van der Waals surface area contributed by atoms with Crippen molar-refractivity contribution in [1.82, 2.24) is 4.90 Å². The Kier molecular flexibility index (Phi) is 2.86. The predicted octanol–water partition coefficient (Wildman–Crippen LogP) is 0.323. The first-order valence-corrected chi connectivity index (χ1v) is 5.45. The third-order valence-corrected chi connectivity index (χ3v) is 3.49. The summed E-state index contributed by atoms with van der Waals surface area (Å²) in [6, 6.07) is 0.835. The van der Waals surface area contributed by atoms with Crippen molar-refractivity contribution in [3.05, 3.63) is 0 Å². The molecule has 76 valence electrons. The van der Waals surface area contributed by atoms with Crippen molar-refractivity contribution < 1.29 is 5.11 Å². The number of nitrogens with two attached hydrogens (primary N) is 1. The van der Waals surface area contributed by atoms with Crippen LogP contribution in [0.4, 0.5) is 0 Å². The standard InChI is InChI=1S/C10H20N2O/c11-8-4-6-12(7-5-8)9-2-1-3-10(9)13/h8-10,13H,1-7,11H2/t9-,10+/m1/s1. The summed E-state index contributed by atoms with van der Waals surface area (Å²) in [5, 5.41) is 9.73. The van der Waals surface area contributed by atoms with Crippen molar-refractivity contribution in [2.24, 2.45) is 5.73 Å². The molecule has 0 unspecified atom stereocenters. The third-order valence-electron chi connectivity index (χ3n) is 3.49. The highest BCUT2D eigenvalue weighted by Gasteiger charge is 2.32. The molecule has 0 spiro atoms. The lowest BCUT2D eigenvalue weighted by Gasteiger charge is -2.36. The van der Waals surface area contributed by atoms with E-state index in [1.54, 1.807) is 0 Å². The summed E-state index contributed by atoms with van der Waals surface area (Å²) in [7, 11) is 0. The van der Waals surface area contributed by atoms with Gasteiger partial charge in [-0.15, -0.1) is 0 Å². The van der Waals surface area contributed by atoms with Gasteiger partial charge in [0.1, 0.15) is 0 Å². The number of hydrogen-bond donors (Lipinski definition) is 2. The molecule has 2 fully saturated rings. The van der Waals surface area contributed by atoms with Gasteiger partial charge in [0, 0.05) is 25.2 Å². The molecule has 0 aromatic rings. The lowest BCUT2D eigenvalue weighted by Crippen LogP contribution is -2.47. The molecule has 1 heterocycles. The predicted molar refractivity (Wildman–Crippen MR) is 52.4 cm³/mol. The van der Waals surface area contributed by atoms with Crippen molar-refractivity contribution in [1.29, 1.82) is 0 Å². The molecule has 0 aromatic heterocycles. The van der Waals surface area contributed by atoms with Crippen molar-refractivity contribution >= 4 is 0 Å². The highest BCUT2D eigenvalue weighted by atomic mass is 16.3. The Morgan fingerprint density at radius 3 is 2.31 bits per heavy atom. The fourth-order valence-electron chi connectivity index (χ4n) is 2.60. The molecule has 3 N–H and O–H groups in total. The van der Waals surface area contributed by atoms with Crippen LogP contribution in [-0.4, -0.2) is 41.3 Å². The van der Waals surface area contributed by atoms with Gasteiger partial charge in [-0.25, -0.2) is 0 Å². The van der Waals surface area contributed by atoms with Crippen LogP contribution in [0.15, 0.2) is 0 Å². The molecule has 1 aliphatic heterocycles. The Morgan fingerprint density at radius 2 is 1.77 bits per heavy atom. The fraction of sp³-hybridized carbons (Fsp3) is 1.00. The molecule has 0 bridgehead atoms. The maximum absolute atomic E-state index is 9.73. The van der Waals surface area contributed by atoms with Crippen molar-refractivity contribution in [3.63, 3.8) is 0 Å². The maximum atomic E-state index is 9.73. The van der Waals surface area contributed by atoms with Crippen molar-refractivity contribution in [2.45, 2.75) is 50.3 Å². The Hall–Kier alpha value is -0.120. The summed E-state index contributed by atoms with van der Waals surface area (Å²) in [5.41, 5.74) is 5.84. The number of hydrogen-bond acceptors (Lipinski definition) is 3. The first-order valence-electron chi connectivity index (χ1n) is 5.45. The van der Waals surface area contributed by atoms with Gasteiger partial charge in [-0.1, -0.05) is 0 Å². The summed E-state index contributed by atoms with van der Waals surface area (Å²) in [6.07, 6.45) is 5.49. The zero-order chi connectivity index (χ0) is 9.26. The zero-order valence-electron chi connectivity index (χ0n) is 8.15. The Morgan fingerprint density at radius 1 is 1.08 bits per heavy atom. The molecule has 0 aromatic carbocycles. The van der Waals surface area contributed by atoms with E-state index in [0.29, 0.717) is 12.1 Å². The minimum absolute atomic E-state index is 0.0747. The van der Waals surface area contributed by atoms with Crippen LogP contribution in [0.1, 0.15) is 32.1 Å². The molecule has 13 heavy (non-hydrogen) atoms. The number of aliphatic hydroxyl groups is 1. The molecule has 2 aliphatic rings. The van der Waals surface area contributed by atoms with E-state index in [4.69, 9.17) is 5.73 Å². The number of aliphatic hydroxyl groups excluding tert-OH is 1. The molecular formula is C10H20N2O.